The highest BCUT2D eigenvalue weighted by Crippen LogP contribution is 2.22. The van der Waals surface area contributed by atoms with Crippen LogP contribution in [-0.2, 0) is 4.79 Å². The van der Waals surface area contributed by atoms with Gasteiger partial charge in [-0.1, -0.05) is 34.1 Å². The largest absolute Gasteiger partial charge is 0.348 e. The van der Waals surface area contributed by atoms with Crippen LogP contribution in [0.2, 0.25) is 0 Å². The zero-order valence-electron chi connectivity index (χ0n) is 9.24. The maximum atomic E-state index is 11.4. The monoisotopic (exact) mass is 306 g/mol. The van der Waals surface area contributed by atoms with Crippen LogP contribution in [0, 0.1) is 0 Å². The maximum absolute atomic E-state index is 11.4. The molecule has 3 N–H and O–H groups in total. The van der Waals surface area contributed by atoms with Crippen molar-refractivity contribution in [3.8, 4) is 0 Å². The van der Waals surface area contributed by atoms with Gasteiger partial charge in [0.25, 0.3) is 0 Å². The Labute approximate surface area is 110 Å². The third-order valence-electron chi connectivity index (χ3n) is 2.14. The lowest BCUT2D eigenvalue weighted by Crippen LogP contribution is -2.39. The second kappa shape index (κ2) is 6.89. The molecule has 16 heavy (non-hydrogen) atoms. The molecule has 1 aromatic carbocycles. The number of benzene rings is 1. The summed E-state index contributed by atoms with van der Waals surface area (Å²) >= 11 is 3.44. The highest BCUT2D eigenvalue weighted by atomic mass is 79.9. The summed E-state index contributed by atoms with van der Waals surface area (Å²) in [4.78, 5) is 11.4. The molecule has 0 radical (unpaired) electrons. The molecule has 0 fully saturated rings. The van der Waals surface area contributed by atoms with Crippen molar-refractivity contribution in [1.29, 1.82) is 0 Å². The molecule has 0 aliphatic rings. The predicted octanol–water partition coefficient (Wildman–Crippen LogP) is 2.40. The minimum Gasteiger partial charge on any atom is -0.348 e. The van der Waals surface area contributed by atoms with Gasteiger partial charge in [0.2, 0.25) is 5.91 Å². The summed E-state index contributed by atoms with van der Waals surface area (Å²) in [7, 11) is 0. The summed E-state index contributed by atoms with van der Waals surface area (Å²) < 4.78 is 0.988. The van der Waals surface area contributed by atoms with Crippen molar-refractivity contribution in [2.24, 2.45) is 5.73 Å². The lowest BCUT2D eigenvalue weighted by atomic mass is 10.1. The highest BCUT2D eigenvalue weighted by molar-refractivity contribution is 9.10. The zero-order chi connectivity index (χ0) is 11.4. The summed E-state index contributed by atoms with van der Waals surface area (Å²) in [5, 5.41) is 2.84. The third-order valence-corrected chi connectivity index (χ3v) is 2.87. The number of carbonyl (C=O) groups is 1. The van der Waals surface area contributed by atoms with E-state index >= 15 is 0 Å². The van der Waals surface area contributed by atoms with Crippen LogP contribution in [0.1, 0.15) is 25.5 Å². The van der Waals surface area contributed by atoms with Crippen LogP contribution in [0.15, 0.2) is 28.7 Å². The van der Waals surface area contributed by atoms with Crippen molar-refractivity contribution in [3.05, 3.63) is 34.3 Å². The molecule has 0 heterocycles. The van der Waals surface area contributed by atoms with Gasteiger partial charge in [0, 0.05) is 4.47 Å². The first-order valence-corrected chi connectivity index (χ1v) is 5.62. The second-order valence-electron chi connectivity index (χ2n) is 3.54. The molecule has 1 rings (SSSR count). The van der Waals surface area contributed by atoms with Crippen LogP contribution in [0.5, 0.6) is 0 Å². The van der Waals surface area contributed by atoms with Gasteiger partial charge < -0.3 is 11.1 Å². The van der Waals surface area contributed by atoms with E-state index in [0.29, 0.717) is 0 Å². The van der Waals surface area contributed by atoms with Gasteiger partial charge in [-0.15, -0.1) is 12.4 Å². The Morgan fingerprint density at radius 2 is 1.94 bits per heavy atom. The summed E-state index contributed by atoms with van der Waals surface area (Å²) in [5.41, 5.74) is 6.52. The Morgan fingerprint density at radius 3 is 2.44 bits per heavy atom. The number of amides is 1. The summed E-state index contributed by atoms with van der Waals surface area (Å²) in [6.45, 7) is 3.60. The second-order valence-corrected chi connectivity index (χ2v) is 4.39. The van der Waals surface area contributed by atoms with E-state index in [1.165, 1.54) is 0 Å². The van der Waals surface area contributed by atoms with Gasteiger partial charge in [-0.2, -0.15) is 0 Å². The first-order valence-electron chi connectivity index (χ1n) is 4.82. The molecule has 2 atom stereocenters. The molecular weight excluding hydrogens is 291 g/mol. The van der Waals surface area contributed by atoms with Crippen molar-refractivity contribution in [1.82, 2.24) is 5.32 Å². The molecule has 0 aliphatic heterocycles. The molecule has 90 valence electrons. The van der Waals surface area contributed by atoms with Crippen LogP contribution in [0.4, 0.5) is 0 Å². The van der Waals surface area contributed by atoms with Crippen molar-refractivity contribution < 1.29 is 4.79 Å². The Balaban J connectivity index is 0.00000225. The quantitative estimate of drug-likeness (QED) is 0.901. The fourth-order valence-electron chi connectivity index (χ4n) is 1.25. The van der Waals surface area contributed by atoms with Crippen LogP contribution in [0.3, 0.4) is 0 Å². The topological polar surface area (TPSA) is 55.1 Å². The lowest BCUT2D eigenvalue weighted by molar-refractivity contribution is -0.122. The Kier molecular flexibility index (Phi) is 6.64. The van der Waals surface area contributed by atoms with Gasteiger partial charge in [-0.05, 0) is 25.5 Å². The normalized spacial score (nSPS) is 13.5. The zero-order valence-corrected chi connectivity index (χ0v) is 11.6. The van der Waals surface area contributed by atoms with E-state index < -0.39 is 6.04 Å². The van der Waals surface area contributed by atoms with E-state index in [-0.39, 0.29) is 24.4 Å². The standard InChI is InChI=1S/C11H15BrN2O.ClH/c1-7(13)11(15)14-8(2)9-5-3-4-6-10(9)12;/h3-8H,13H2,1-2H3,(H,14,15);1H. The van der Waals surface area contributed by atoms with E-state index in [1.807, 2.05) is 31.2 Å². The minimum atomic E-state index is -0.477. The van der Waals surface area contributed by atoms with Crippen LogP contribution >= 0.6 is 28.3 Å². The smallest absolute Gasteiger partial charge is 0.237 e. The minimum absolute atomic E-state index is 0. The predicted molar refractivity (Wildman–Crippen MR) is 71.6 cm³/mol. The molecule has 0 bridgehead atoms. The van der Waals surface area contributed by atoms with E-state index in [0.717, 1.165) is 10.0 Å². The van der Waals surface area contributed by atoms with Crippen molar-refractivity contribution >= 4 is 34.2 Å². The molecule has 0 saturated heterocycles. The fourth-order valence-corrected chi connectivity index (χ4v) is 1.88. The summed E-state index contributed by atoms with van der Waals surface area (Å²) in [5.74, 6) is -0.141. The Bertz CT molecular complexity index is 358. The molecule has 0 spiro atoms. The molecule has 0 aliphatic carbocycles. The Hall–Kier alpha value is -0.580. The van der Waals surface area contributed by atoms with Gasteiger partial charge >= 0.3 is 0 Å². The van der Waals surface area contributed by atoms with E-state index in [4.69, 9.17) is 5.73 Å². The molecule has 1 amide bonds. The average Bonchev–Trinajstić information content (AvgIpc) is 2.18. The van der Waals surface area contributed by atoms with Crippen molar-refractivity contribution in [2.45, 2.75) is 25.9 Å². The first-order chi connectivity index (χ1) is 7.02. The third kappa shape index (κ3) is 4.12. The van der Waals surface area contributed by atoms with E-state index in [2.05, 4.69) is 21.2 Å². The fraction of sp³-hybridized carbons (Fsp3) is 0.364. The van der Waals surface area contributed by atoms with E-state index in [1.54, 1.807) is 6.92 Å². The number of nitrogens with one attached hydrogen (secondary N) is 1. The average molecular weight is 308 g/mol. The number of hydrogen-bond acceptors (Lipinski definition) is 2. The van der Waals surface area contributed by atoms with Crippen molar-refractivity contribution in [3.63, 3.8) is 0 Å². The molecule has 5 heteroatoms. The number of nitrogens with two attached hydrogens (primary N) is 1. The van der Waals surface area contributed by atoms with Gasteiger partial charge in [0.05, 0.1) is 12.1 Å². The SMILES string of the molecule is CC(N)C(=O)NC(C)c1ccccc1Br.Cl. The molecule has 3 nitrogen and oxygen atoms in total. The van der Waals surface area contributed by atoms with E-state index in [9.17, 15) is 4.79 Å². The van der Waals surface area contributed by atoms with Gasteiger partial charge in [-0.25, -0.2) is 0 Å². The highest BCUT2D eigenvalue weighted by Gasteiger charge is 2.13. The summed E-state index contributed by atoms with van der Waals surface area (Å²) in [6, 6.07) is 7.27. The molecule has 1 aromatic rings. The molecule has 2 unspecified atom stereocenters. The van der Waals surface area contributed by atoms with Crippen LogP contribution in [0.25, 0.3) is 0 Å². The number of carbonyl (C=O) groups excluding carboxylic acids is 1. The first kappa shape index (κ1) is 15.4. The van der Waals surface area contributed by atoms with Crippen LogP contribution < -0.4 is 11.1 Å². The maximum Gasteiger partial charge on any atom is 0.237 e. The number of hydrogen-bond donors (Lipinski definition) is 2. The van der Waals surface area contributed by atoms with Crippen molar-refractivity contribution in [2.75, 3.05) is 0 Å². The van der Waals surface area contributed by atoms with Gasteiger partial charge in [0.1, 0.15) is 0 Å². The molecule has 0 aromatic heterocycles. The number of halogens is 2. The summed E-state index contributed by atoms with van der Waals surface area (Å²) in [6.07, 6.45) is 0. The molecular formula is C11H16BrClN2O. The van der Waals surface area contributed by atoms with Gasteiger partial charge in [-0.3, -0.25) is 4.79 Å². The lowest BCUT2D eigenvalue weighted by Gasteiger charge is -2.17. The van der Waals surface area contributed by atoms with Gasteiger partial charge in [0.15, 0.2) is 0 Å². The van der Waals surface area contributed by atoms with Crippen LogP contribution in [-0.4, -0.2) is 11.9 Å². The number of rotatable bonds is 3. The Morgan fingerprint density at radius 1 is 1.38 bits per heavy atom. The molecule has 0 saturated carbocycles.